The van der Waals surface area contributed by atoms with E-state index in [9.17, 15) is 0 Å². The fraction of sp³-hybridized carbons (Fsp3) is 0.138. The zero-order valence-corrected chi connectivity index (χ0v) is 19.8. The van der Waals surface area contributed by atoms with E-state index in [1.807, 2.05) is 36.5 Å². The van der Waals surface area contributed by atoms with Gasteiger partial charge in [-0.1, -0.05) is 54.1 Å². The molecule has 34 heavy (non-hydrogen) atoms. The van der Waals surface area contributed by atoms with E-state index in [0.717, 1.165) is 58.5 Å². The van der Waals surface area contributed by atoms with Gasteiger partial charge in [-0.3, -0.25) is 0 Å². The third-order valence-corrected chi connectivity index (χ3v) is 6.21. The maximum Gasteiger partial charge on any atom is 0.146 e. The van der Waals surface area contributed by atoms with Gasteiger partial charge in [-0.05, 0) is 65.9 Å². The van der Waals surface area contributed by atoms with Gasteiger partial charge in [0.2, 0.25) is 0 Å². The summed E-state index contributed by atoms with van der Waals surface area (Å²) in [6.07, 6.45) is 8.67. The first-order valence-corrected chi connectivity index (χ1v) is 11.7. The zero-order valence-electron chi connectivity index (χ0n) is 19.0. The summed E-state index contributed by atoms with van der Waals surface area (Å²) >= 11 is 6.07. The minimum absolute atomic E-state index is 0.750. The Morgan fingerprint density at radius 1 is 0.941 bits per heavy atom. The van der Waals surface area contributed by atoms with E-state index in [2.05, 4.69) is 64.6 Å². The van der Waals surface area contributed by atoms with Crippen LogP contribution in [0.5, 0.6) is 0 Å². The Kier molecular flexibility index (Phi) is 6.50. The molecule has 0 spiro atoms. The number of H-pyrrole nitrogens is 2. The number of hydrogen-bond acceptors (Lipinski definition) is 2. The van der Waals surface area contributed by atoms with Crippen LogP contribution in [-0.4, -0.2) is 22.8 Å². The van der Waals surface area contributed by atoms with E-state index in [4.69, 9.17) is 21.3 Å². The smallest absolute Gasteiger partial charge is 0.146 e. The van der Waals surface area contributed by atoms with Crippen molar-refractivity contribution in [1.29, 1.82) is 0 Å². The molecule has 3 heterocycles. The van der Waals surface area contributed by atoms with Gasteiger partial charge in [-0.2, -0.15) is 0 Å². The molecule has 0 saturated heterocycles. The summed E-state index contributed by atoms with van der Waals surface area (Å²) in [4.78, 5) is 11.7. The Bertz CT molecular complexity index is 1340. The van der Waals surface area contributed by atoms with Crippen molar-refractivity contribution in [2.45, 2.75) is 19.3 Å². The number of aryl methyl sites for hydroxylation is 2. The monoisotopic (exact) mass is 467 g/mol. The van der Waals surface area contributed by atoms with Gasteiger partial charge in [0, 0.05) is 35.1 Å². The Morgan fingerprint density at radius 2 is 1.76 bits per heavy atom. The second kappa shape index (κ2) is 10.0. The van der Waals surface area contributed by atoms with E-state index in [0.29, 0.717) is 0 Å². The molecule has 0 radical (unpaired) electrons. The van der Waals surface area contributed by atoms with Gasteiger partial charge in [0.05, 0.1) is 18.5 Å². The number of methoxy groups -OCH3 is 1. The van der Waals surface area contributed by atoms with Gasteiger partial charge in [0.1, 0.15) is 11.5 Å². The number of ether oxygens (including phenoxy) is 1. The van der Waals surface area contributed by atoms with Crippen LogP contribution in [0.15, 0.2) is 102 Å². The summed E-state index contributed by atoms with van der Waals surface area (Å²) in [5, 5.41) is 0.750. The lowest BCUT2D eigenvalue weighted by Crippen LogP contribution is -1.93. The molecule has 0 amide bonds. The van der Waals surface area contributed by atoms with Crippen LogP contribution in [0, 0.1) is 0 Å². The molecule has 170 valence electrons. The summed E-state index contributed by atoms with van der Waals surface area (Å²) in [6, 6.07) is 24.8. The first-order chi connectivity index (χ1) is 16.7. The topological polar surface area (TPSA) is 53.2 Å². The van der Waals surface area contributed by atoms with Gasteiger partial charge in [-0.25, -0.2) is 4.99 Å². The first-order valence-electron chi connectivity index (χ1n) is 11.4. The number of aromatic amines is 2. The molecule has 0 atom stereocenters. The van der Waals surface area contributed by atoms with Gasteiger partial charge in [-0.15, -0.1) is 0 Å². The van der Waals surface area contributed by atoms with Crippen LogP contribution in [0.2, 0.25) is 5.02 Å². The van der Waals surface area contributed by atoms with Crippen LogP contribution < -0.4 is 0 Å². The second-order valence-corrected chi connectivity index (χ2v) is 8.78. The highest BCUT2D eigenvalue weighted by Gasteiger charge is 2.18. The fourth-order valence-corrected chi connectivity index (χ4v) is 4.33. The summed E-state index contributed by atoms with van der Waals surface area (Å²) in [5.41, 5.74) is 8.68. The van der Waals surface area contributed by atoms with E-state index in [-0.39, 0.29) is 0 Å². The van der Waals surface area contributed by atoms with Crippen LogP contribution in [0.25, 0.3) is 6.08 Å². The molecule has 0 unspecified atom stereocenters. The molecule has 0 bridgehead atoms. The van der Waals surface area contributed by atoms with Crippen molar-refractivity contribution in [2.75, 3.05) is 7.11 Å². The molecule has 0 saturated carbocycles. The maximum atomic E-state index is 6.07. The van der Waals surface area contributed by atoms with E-state index in [1.165, 1.54) is 16.7 Å². The van der Waals surface area contributed by atoms with Crippen LogP contribution >= 0.6 is 11.6 Å². The number of aromatic nitrogens is 2. The molecule has 5 rings (SSSR count). The number of nitrogens with zero attached hydrogens (tertiary/aromatic N) is 1. The molecule has 0 fully saturated rings. The standard InChI is InChI=1S/C29H26ClN3O/c1-34-29-19-27(25-8-5-15-31-25)33-28(29)18-26-22(12-9-20-6-3-2-4-7-20)17-24(32-26)16-21-10-13-23(30)14-11-21/h2-8,10-11,13-15,17-19,31-32H,9,12,16H2,1H3/b28-18-. The van der Waals surface area contributed by atoms with Gasteiger partial charge in [0.15, 0.2) is 0 Å². The van der Waals surface area contributed by atoms with E-state index >= 15 is 0 Å². The minimum Gasteiger partial charge on any atom is -0.494 e. The van der Waals surface area contributed by atoms with Crippen molar-refractivity contribution in [1.82, 2.24) is 9.97 Å². The number of benzene rings is 2. The first kappa shape index (κ1) is 22.1. The molecule has 4 nitrogen and oxygen atoms in total. The van der Waals surface area contributed by atoms with Crippen LogP contribution in [-0.2, 0) is 24.0 Å². The second-order valence-electron chi connectivity index (χ2n) is 8.35. The summed E-state index contributed by atoms with van der Waals surface area (Å²) < 4.78 is 5.65. The maximum absolute atomic E-state index is 6.07. The van der Waals surface area contributed by atoms with Crippen molar-refractivity contribution >= 4 is 23.4 Å². The number of allylic oxidation sites excluding steroid dienone is 1. The minimum atomic E-state index is 0.750. The molecule has 2 aromatic heterocycles. The molecule has 1 aliphatic heterocycles. The predicted molar refractivity (Wildman–Crippen MR) is 139 cm³/mol. The van der Waals surface area contributed by atoms with Gasteiger partial charge >= 0.3 is 0 Å². The number of aliphatic imine (C=N–C) groups is 1. The van der Waals surface area contributed by atoms with Crippen molar-refractivity contribution in [3.05, 3.63) is 135 Å². The summed E-state index contributed by atoms with van der Waals surface area (Å²) in [6.45, 7) is 0. The molecule has 2 N–H and O–H groups in total. The number of rotatable bonds is 8. The van der Waals surface area contributed by atoms with E-state index in [1.54, 1.807) is 7.11 Å². The lowest BCUT2D eigenvalue weighted by Gasteiger charge is -2.04. The molecule has 2 aromatic carbocycles. The molecular formula is C29H26ClN3O. The lowest BCUT2D eigenvalue weighted by atomic mass is 10.0. The highest BCUT2D eigenvalue weighted by molar-refractivity contribution is 6.30. The van der Waals surface area contributed by atoms with Crippen molar-refractivity contribution < 1.29 is 4.74 Å². The highest BCUT2D eigenvalue weighted by atomic mass is 35.5. The highest BCUT2D eigenvalue weighted by Crippen LogP contribution is 2.27. The van der Waals surface area contributed by atoms with Crippen molar-refractivity contribution in [2.24, 2.45) is 4.99 Å². The lowest BCUT2D eigenvalue weighted by molar-refractivity contribution is 0.303. The molecule has 4 aromatic rings. The largest absolute Gasteiger partial charge is 0.494 e. The Morgan fingerprint density at radius 3 is 2.50 bits per heavy atom. The third kappa shape index (κ3) is 5.08. The Hall–Kier alpha value is -3.76. The number of nitrogens with one attached hydrogen (secondary N) is 2. The SMILES string of the molecule is COC1=CC(c2ccc[nH]2)=N/C1=C\c1[nH]c(Cc2ccc(Cl)cc2)cc1CCc1ccccc1. The average Bonchev–Trinajstić information content (AvgIpc) is 3.60. The van der Waals surface area contributed by atoms with Gasteiger partial charge in [0.25, 0.3) is 0 Å². The average molecular weight is 468 g/mol. The Balaban J connectivity index is 1.47. The fourth-order valence-electron chi connectivity index (χ4n) is 4.20. The molecule has 1 aliphatic rings. The quantitative estimate of drug-likeness (QED) is 0.296. The summed E-state index contributed by atoms with van der Waals surface area (Å²) in [7, 11) is 1.68. The van der Waals surface area contributed by atoms with Gasteiger partial charge < -0.3 is 14.7 Å². The van der Waals surface area contributed by atoms with Crippen LogP contribution in [0.4, 0.5) is 0 Å². The third-order valence-electron chi connectivity index (χ3n) is 5.96. The molecule has 0 aliphatic carbocycles. The van der Waals surface area contributed by atoms with E-state index < -0.39 is 0 Å². The van der Waals surface area contributed by atoms with Crippen molar-refractivity contribution in [3.63, 3.8) is 0 Å². The molecular weight excluding hydrogens is 442 g/mol. The zero-order chi connectivity index (χ0) is 23.3. The number of hydrogen-bond donors (Lipinski definition) is 2. The predicted octanol–water partition coefficient (Wildman–Crippen LogP) is 6.75. The van der Waals surface area contributed by atoms with Crippen molar-refractivity contribution in [3.8, 4) is 0 Å². The summed E-state index contributed by atoms with van der Waals surface area (Å²) in [5.74, 6) is 0.757. The normalized spacial score (nSPS) is 14.4. The van der Waals surface area contributed by atoms with Crippen LogP contribution in [0.1, 0.15) is 33.8 Å². The number of halogens is 1. The Labute approximate surface area is 204 Å². The van der Waals surface area contributed by atoms with Crippen LogP contribution in [0.3, 0.4) is 0 Å². The molecule has 5 heteroatoms.